The molecule has 1 aliphatic heterocycles. The molecule has 0 aromatic carbocycles. The van der Waals surface area contributed by atoms with E-state index in [0.717, 1.165) is 0 Å². The van der Waals surface area contributed by atoms with Gasteiger partial charge in [-0.25, -0.2) is 4.79 Å². The van der Waals surface area contributed by atoms with Gasteiger partial charge in [0, 0.05) is 12.2 Å². The Hall–Kier alpha value is -2.15. The van der Waals surface area contributed by atoms with E-state index in [4.69, 9.17) is 15.6 Å². The van der Waals surface area contributed by atoms with E-state index >= 15 is 0 Å². The van der Waals surface area contributed by atoms with Crippen molar-refractivity contribution in [3.63, 3.8) is 0 Å². The highest BCUT2D eigenvalue weighted by Crippen LogP contribution is 2.19. The maximum absolute atomic E-state index is 11.7. The van der Waals surface area contributed by atoms with Gasteiger partial charge < -0.3 is 20.9 Å². The third-order valence-electron chi connectivity index (χ3n) is 3.10. The van der Waals surface area contributed by atoms with E-state index in [-0.39, 0.29) is 18.4 Å². The molecule has 2 rings (SSSR count). The van der Waals surface area contributed by atoms with E-state index in [9.17, 15) is 9.59 Å². The summed E-state index contributed by atoms with van der Waals surface area (Å²) in [4.78, 5) is 26.5. The Balaban J connectivity index is 1.73. The first-order valence-corrected chi connectivity index (χ1v) is 6.40. The zero-order valence-electron chi connectivity index (χ0n) is 10.9. The number of carboxylic acid groups (broad SMARTS) is 1. The first kappa shape index (κ1) is 14.3. The first-order valence-electron chi connectivity index (χ1n) is 6.40. The van der Waals surface area contributed by atoms with Crippen LogP contribution in [0.5, 0.6) is 0 Å². The van der Waals surface area contributed by atoms with Crippen LogP contribution in [-0.4, -0.2) is 40.7 Å². The van der Waals surface area contributed by atoms with Gasteiger partial charge >= 0.3 is 5.97 Å². The number of nitrogen functional groups attached to an aromatic ring is 1. The van der Waals surface area contributed by atoms with Crippen LogP contribution in [0.15, 0.2) is 18.3 Å². The van der Waals surface area contributed by atoms with Crippen LogP contribution in [0.2, 0.25) is 0 Å². The largest absolute Gasteiger partial charge is 0.479 e. The molecule has 2 heterocycles. The van der Waals surface area contributed by atoms with Crippen molar-refractivity contribution in [2.75, 3.05) is 12.3 Å². The van der Waals surface area contributed by atoms with Crippen molar-refractivity contribution < 1.29 is 19.4 Å². The van der Waals surface area contributed by atoms with Crippen LogP contribution in [0.4, 0.5) is 5.69 Å². The molecule has 7 nitrogen and oxygen atoms in total. The van der Waals surface area contributed by atoms with Gasteiger partial charge in [-0.2, -0.15) is 0 Å². The monoisotopic (exact) mass is 279 g/mol. The highest BCUT2D eigenvalue weighted by molar-refractivity contribution is 5.78. The Bertz CT molecular complexity index is 489. The predicted octanol–water partition coefficient (Wildman–Crippen LogP) is -0.0453. The standard InChI is InChI=1S/C13H17N3O4/c14-8-1-2-9(15-6-8)5-12(17)16-7-10-3-4-11(20-10)13(18)19/h1-2,6,10-11H,3-5,7,14H2,(H,16,17)(H,18,19). The van der Waals surface area contributed by atoms with Gasteiger partial charge in [0.15, 0.2) is 6.10 Å². The van der Waals surface area contributed by atoms with E-state index in [1.165, 1.54) is 6.20 Å². The normalized spacial score (nSPS) is 21.6. The molecule has 0 aliphatic carbocycles. The highest BCUT2D eigenvalue weighted by Gasteiger charge is 2.30. The average molecular weight is 279 g/mol. The maximum Gasteiger partial charge on any atom is 0.332 e. The van der Waals surface area contributed by atoms with Gasteiger partial charge in [-0.3, -0.25) is 9.78 Å². The van der Waals surface area contributed by atoms with Crippen molar-refractivity contribution in [3.05, 3.63) is 24.0 Å². The van der Waals surface area contributed by atoms with Gasteiger partial charge in [-0.15, -0.1) is 0 Å². The number of ether oxygens (including phenoxy) is 1. The molecular weight excluding hydrogens is 262 g/mol. The molecule has 1 saturated heterocycles. The average Bonchev–Trinajstić information content (AvgIpc) is 2.88. The van der Waals surface area contributed by atoms with Crippen LogP contribution in [-0.2, 0) is 20.7 Å². The van der Waals surface area contributed by atoms with E-state index in [1.807, 2.05) is 0 Å². The summed E-state index contributed by atoms with van der Waals surface area (Å²) in [6.07, 6.45) is 1.79. The molecule has 1 aromatic rings. The fraction of sp³-hybridized carbons (Fsp3) is 0.462. The second-order valence-corrected chi connectivity index (χ2v) is 4.73. The number of hydrogen-bond donors (Lipinski definition) is 3. The number of aliphatic carboxylic acids is 1. The molecule has 1 amide bonds. The molecule has 4 N–H and O–H groups in total. The molecule has 1 aromatic heterocycles. The number of anilines is 1. The molecule has 1 fully saturated rings. The third kappa shape index (κ3) is 3.92. The summed E-state index contributed by atoms with van der Waals surface area (Å²) in [5.74, 6) is -1.13. The lowest BCUT2D eigenvalue weighted by molar-refractivity contribution is -0.149. The zero-order valence-corrected chi connectivity index (χ0v) is 10.9. The molecule has 2 atom stereocenters. The highest BCUT2D eigenvalue weighted by atomic mass is 16.5. The Labute approximate surface area is 116 Å². The summed E-state index contributed by atoms with van der Waals surface area (Å²) < 4.78 is 5.29. The summed E-state index contributed by atoms with van der Waals surface area (Å²) in [7, 11) is 0. The molecule has 2 unspecified atom stereocenters. The number of nitrogens with one attached hydrogen (secondary N) is 1. The lowest BCUT2D eigenvalue weighted by atomic mass is 10.2. The number of carboxylic acids is 1. The summed E-state index contributed by atoms with van der Waals surface area (Å²) in [6, 6.07) is 3.38. The summed E-state index contributed by atoms with van der Waals surface area (Å²) in [6.45, 7) is 0.317. The van der Waals surface area contributed by atoms with Crippen LogP contribution in [0.1, 0.15) is 18.5 Å². The fourth-order valence-corrected chi connectivity index (χ4v) is 2.03. The Kier molecular flexibility index (Phi) is 4.52. The van der Waals surface area contributed by atoms with Crippen LogP contribution >= 0.6 is 0 Å². The number of carbonyl (C=O) groups excluding carboxylic acids is 1. The van der Waals surface area contributed by atoms with Crippen molar-refractivity contribution in [3.8, 4) is 0 Å². The first-order chi connectivity index (χ1) is 9.54. The second kappa shape index (κ2) is 6.33. The summed E-state index contributed by atoms with van der Waals surface area (Å²) in [5, 5.41) is 11.5. The minimum Gasteiger partial charge on any atom is -0.479 e. The lowest BCUT2D eigenvalue weighted by Gasteiger charge is -2.12. The fourth-order valence-electron chi connectivity index (χ4n) is 2.03. The maximum atomic E-state index is 11.7. The Morgan fingerprint density at radius 2 is 2.25 bits per heavy atom. The van der Waals surface area contributed by atoms with Gasteiger partial charge in [0.25, 0.3) is 0 Å². The minimum absolute atomic E-state index is 0.162. The van der Waals surface area contributed by atoms with E-state index < -0.39 is 12.1 Å². The van der Waals surface area contributed by atoms with Gasteiger partial charge in [-0.05, 0) is 25.0 Å². The van der Waals surface area contributed by atoms with Crippen LogP contribution < -0.4 is 11.1 Å². The quantitative estimate of drug-likeness (QED) is 0.696. The number of rotatable bonds is 5. The number of hydrogen-bond acceptors (Lipinski definition) is 5. The predicted molar refractivity (Wildman–Crippen MR) is 70.9 cm³/mol. The molecule has 0 spiro atoms. The molecular formula is C13H17N3O4. The smallest absolute Gasteiger partial charge is 0.332 e. The Morgan fingerprint density at radius 1 is 1.45 bits per heavy atom. The molecule has 0 radical (unpaired) electrons. The van der Waals surface area contributed by atoms with E-state index in [0.29, 0.717) is 30.8 Å². The number of aromatic nitrogens is 1. The lowest BCUT2D eigenvalue weighted by Crippen LogP contribution is -2.34. The van der Waals surface area contributed by atoms with Gasteiger partial charge in [-0.1, -0.05) is 0 Å². The van der Waals surface area contributed by atoms with Crippen molar-refractivity contribution in [2.24, 2.45) is 0 Å². The van der Waals surface area contributed by atoms with Crippen molar-refractivity contribution in [1.82, 2.24) is 10.3 Å². The minimum atomic E-state index is -0.954. The van der Waals surface area contributed by atoms with Crippen molar-refractivity contribution in [1.29, 1.82) is 0 Å². The third-order valence-corrected chi connectivity index (χ3v) is 3.10. The number of carbonyl (C=O) groups is 2. The van der Waals surface area contributed by atoms with Gasteiger partial charge in [0.2, 0.25) is 5.91 Å². The van der Waals surface area contributed by atoms with E-state index in [2.05, 4.69) is 10.3 Å². The summed E-state index contributed by atoms with van der Waals surface area (Å²) >= 11 is 0. The van der Waals surface area contributed by atoms with Gasteiger partial charge in [0.05, 0.1) is 24.4 Å². The topological polar surface area (TPSA) is 115 Å². The van der Waals surface area contributed by atoms with Crippen LogP contribution in [0.3, 0.4) is 0 Å². The number of amides is 1. The van der Waals surface area contributed by atoms with Crippen molar-refractivity contribution in [2.45, 2.75) is 31.5 Å². The summed E-state index contributed by atoms with van der Waals surface area (Å²) in [5.41, 5.74) is 6.69. The van der Waals surface area contributed by atoms with Crippen LogP contribution in [0, 0.1) is 0 Å². The van der Waals surface area contributed by atoms with Crippen LogP contribution in [0.25, 0.3) is 0 Å². The molecule has 0 bridgehead atoms. The molecule has 108 valence electrons. The molecule has 1 aliphatic rings. The van der Waals surface area contributed by atoms with Crippen molar-refractivity contribution >= 4 is 17.6 Å². The molecule has 0 saturated carbocycles. The van der Waals surface area contributed by atoms with Gasteiger partial charge in [0.1, 0.15) is 0 Å². The zero-order chi connectivity index (χ0) is 14.5. The molecule has 7 heteroatoms. The number of nitrogens with zero attached hydrogens (tertiary/aromatic N) is 1. The second-order valence-electron chi connectivity index (χ2n) is 4.73. The molecule has 20 heavy (non-hydrogen) atoms. The number of pyridine rings is 1. The SMILES string of the molecule is Nc1ccc(CC(=O)NCC2CCC(C(=O)O)O2)nc1. The Morgan fingerprint density at radius 3 is 2.85 bits per heavy atom. The number of nitrogens with two attached hydrogens (primary N) is 1. The van der Waals surface area contributed by atoms with E-state index in [1.54, 1.807) is 12.1 Å².